The molecule has 0 bridgehead atoms. The van der Waals surface area contributed by atoms with Gasteiger partial charge in [0.1, 0.15) is 0 Å². The van der Waals surface area contributed by atoms with E-state index in [1.807, 2.05) is 30.3 Å². The lowest BCUT2D eigenvalue weighted by atomic mass is 9.75. The minimum absolute atomic E-state index is 0.113. The van der Waals surface area contributed by atoms with Crippen LogP contribution in [0.3, 0.4) is 0 Å². The summed E-state index contributed by atoms with van der Waals surface area (Å²) in [6, 6.07) is 9.71. The maximum atomic E-state index is 12.3. The maximum Gasteiger partial charge on any atom is 0.274 e. The quantitative estimate of drug-likeness (QED) is 0.791. The third-order valence-electron chi connectivity index (χ3n) is 4.00. The van der Waals surface area contributed by atoms with Crippen LogP contribution in [0.4, 0.5) is 0 Å². The number of aromatic amines is 1. The number of carbonyl (C=O) groups is 1. The van der Waals surface area contributed by atoms with Gasteiger partial charge in [0.05, 0.1) is 17.8 Å². The number of rotatable bonds is 4. The molecule has 0 unspecified atom stereocenters. The first-order chi connectivity index (χ1) is 10.1. The number of H-pyrrole nitrogens is 1. The number of aromatic nitrogens is 3. The number of nitrogens with zero attached hydrogens (tertiary/aromatic N) is 2. The normalized spacial score (nSPS) is 22.4. The van der Waals surface area contributed by atoms with E-state index in [4.69, 9.17) is 0 Å². The van der Waals surface area contributed by atoms with Gasteiger partial charge >= 0.3 is 0 Å². The van der Waals surface area contributed by atoms with Gasteiger partial charge in [0, 0.05) is 0 Å². The molecule has 6 nitrogen and oxygen atoms in total. The second-order valence-corrected chi connectivity index (χ2v) is 5.50. The first-order valence-electron chi connectivity index (χ1n) is 7.06. The van der Waals surface area contributed by atoms with E-state index in [2.05, 4.69) is 20.7 Å². The maximum absolute atomic E-state index is 12.3. The van der Waals surface area contributed by atoms with Crippen molar-refractivity contribution in [3.8, 4) is 0 Å². The molecule has 3 rings (SSSR count). The Morgan fingerprint density at radius 1 is 1.33 bits per heavy atom. The van der Waals surface area contributed by atoms with Gasteiger partial charge in [-0.05, 0) is 31.2 Å². The van der Waals surface area contributed by atoms with E-state index in [-0.39, 0.29) is 24.0 Å². The predicted octanol–water partition coefficient (Wildman–Crippen LogP) is 1.36. The number of hydrogen-bond donors (Lipinski definition) is 3. The summed E-state index contributed by atoms with van der Waals surface area (Å²) in [7, 11) is 0. The van der Waals surface area contributed by atoms with Crippen molar-refractivity contribution in [3.63, 3.8) is 0 Å². The van der Waals surface area contributed by atoms with E-state index in [1.165, 1.54) is 0 Å². The minimum Gasteiger partial charge on any atom is -0.393 e. The Hall–Kier alpha value is -2.21. The fourth-order valence-corrected chi connectivity index (χ4v) is 2.74. The van der Waals surface area contributed by atoms with Crippen LogP contribution < -0.4 is 5.32 Å². The second kappa shape index (κ2) is 5.65. The summed E-state index contributed by atoms with van der Waals surface area (Å²) in [5.74, 6) is 0.00931. The molecule has 1 aliphatic carbocycles. The van der Waals surface area contributed by atoms with E-state index in [0.29, 0.717) is 24.2 Å². The molecule has 0 saturated heterocycles. The van der Waals surface area contributed by atoms with Crippen LogP contribution in [0, 0.1) is 12.8 Å². The van der Waals surface area contributed by atoms with Gasteiger partial charge in [-0.3, -0.25) is 4.79 Å². The summed E-state index contributed by atoms with van der Waals surface area (Å²) in [6.45, 7) is 1.74. The van der Waals surface area contributed by atoms with Crippen molar-refractivity contribution >= 4 is 5.91 Å². The molecule has 2 aromatic rings. The molecule has 1 aliphatic rings. The Labute approximate surface area is 122 Å². The van der Waals surface area contributed by atoms with Crippen molar-refractivity contribution in [3.05, 3.63) is 47.3 Å². The van der Waals surface area contributed by atoms with Crippen LogP contribution in [0.5, 0.6) is 0 Å². The van der Waals surface area contributed by atoms with Gasteiger partial charge in [-0.2, -0.15) is 15.4 Å². The van der Waals surface area contributed by atoms with E-state index >= 15 is 0 Å². The van der Waals surface area contributed by atoms with Gasteiger partial charge in [-0.15, -0.1) is 0 Å². The molecule has 1 atom stereocenters. The third kappa shape index (κ3) is 2.80. The lowest BCUT2D eigenvalue weighted by Gasteiger charge is -2.38. The molecular weight excluding hydrogens is 268 g/mol. The van der Waals surface area contributed by atoms with Crippen LogP contribution >= 0.6 is 0 Å². The van der Waals surface area contributed by atoms with Crippen LogP contribution in [-0.4, -0.2) is 32.5 Å². The topological polar surface area (TPSA) is 90.9 Å². The number of carbonyl (C=O) groups excluding carboxylic acids is 1. The largest absolute Gasteiger partial charge is 0.393 e. The van der Waals surface area contributed by atoms with Gasteiger partial charge in [-0.25, -0.2) is 0 Å². The van der Waals surface area contributed by atoms with Crippen molar-refractivity contribution in [1.29, 1.82) is 0 Å². The van der Waals surface area contributed by atoms with Gasteiger partial charge in [0.2, 0.25) is 0 Å². The van der Waals surface area contributed by atoms with Crippen molar-refractivity contribution < 1.29 is 9.90 Å². The van der Waals surface area contributed by atoms with Gasteiger partial charge in [0.25, 0.3) is 5.91 Å². The number of nitrogens with one attached hydrogen (secondary N) is 2. The first-order valence-corrected chi connectivity index (χ1v) is 7.06. The zero-order chi connectivity index (χ0) is 14.8. The Bertz CT molecular complexity index is 620. The molecule has 1 heterocycles. The highest BCUT2D eigenvalue weighted by Gasteiger charge is 2.36. The summed E-state index contributed by atoms with van der Waals surface area (Å²) in [5.41, 5.74) is 1.94. The molecular formula is C15H18N4O2. The minimum atomic E-state index is -0.257. The number of aliphatic hydroxyl groups excluding tert-OH is 1. The van der Waals surface area contributed by atoms with Crippen molar-refractivity contribution in [2.45, 2.75) is 31.9 Å². The molecule has 1 saturated carbocycles. The van der Waals surface area contributed by atoms with Gasteiger partial charge < -0.3 is 10.4 Å². The lowest BCUT2D eigenvalue weighted by Crippen LogP contribution is -2.41. The Kier molecular flexibility index (Phi) is 3.70. The highest BCUT2D eigenvalue weighted by atomic mass is 16.3. The van der Waals surface area contributed by atoms with Crippen molar-refractivity contribution in [1.82, 2.24) is 20.7 Å². The number of hydrogen-bond acceptors (Lipinski definition) is 4. The van der Waals surface area contributed by atoms with E-state index in [1.54, 1.807) is 6.92 Å². The summed E-state index contributed by atoms with van der Waals surface area (Å²) in [5, 5.41) is 22.8. The third-order valence-corrected chi connectivity index (χ3v) is 4.00. The van der Waals surface area contributed by atoms with Crippen molar-refractivity contribution in [2.24, 2.45) is 5.92 Å². The Morgan fingerprint density at radius 2 is 2.05 bits per heavy atom. The lowest BCUT2D eigenvalue weighted by molar-refractivity contribution is 0.0234. The SMILES string of the molecule is Cc1n[nH]nc1C(=O)N[C@H](c1ccccc1)C1CC(O)C1. The number of aryl methyl sites for hydroxylation is 1. The summed E-state index contributed by atoms with van der Waals surface area (Å²) in [4.78, 5) is 12.3. The Morgan fingerprint density at radius 3 is 2.62 bits per heavy atom. The van der Waals surface area contributed by atoms with Crippen LogP contribution in [0.15, 0.2) is 30.3 Å². The average molecular weight is 286 g/mol. The average Bonchev–Trinajstić information content (AvgIpc) is 2.89. The van der Waals surface area contributed by atoms with Crippen molar-refractivity contribution in [2.75, 3.05) is 0 Å². The van der Waals surface area contributed by atoms with Crippen LogP contribution in [0.1, 0.15) is 40.6 Å². The molecule has 21 heavy (non-hydrogen) atoms. The van der Waals surface area contributed by atoms with E-state index < -0.39 is 0 Å². The first kappa shape index (κ1) is 13.8. The van der Waals surface area contributed by atoms with Gasteiger partial charge in [-0.1, -0.05) is 30.3 Å². The molecule has 6 heteroatoms. The standard InChI is InChI=1S/C15H18N4O2/c1-9-13(18-19-17-9)15(21)16-14(11-7-12(20)8-11)10-5-3-2-4-6-10/h2-6,11-12,14,20H,7-8H2,1H3,(H,16,21)(H,17,18,19)/t11?,12?,14-/m1/s1. The molecule has 0 radical (unpaired) electrons. The number of benzene rings is 1. The highest BCUT2D eigenvalue weighted by molar-refractivity contribution is 5.93. The molecule has 1 aromatic carbocycles. The molecule has 1 aromatic heterocycles. The monoisotopic (exact) mass is 286 g/mol. The fourth-order valence-electron chi connectivity index (χ4n) is 2.74. The summed E-state index contributed by atoms with van der Waals surface area (Å²) < 4.78 is 0. The summed E-state index contributed by atoms with van der Waals surface area (Å²) in [6.07, 6.45) is 1.15. The Balaban J connectivity index is 1.80. The summed E-state index contributed by atoms with van der Waals surface area (Å²) >= 11 is 0. The predicted molar refractivity (Wildman–Crippen MR) is 76.5 cm³/mol. The smallest absolute Gasteiger partial charge is 0.274 e. The highest BCUT2D eigenvalue weighted by Crippen LogP contribution is 2.38. The van der Waals surface area contributed by atoms with Crippen LogP contribution in [0.2, 0.25) is 0 Å². The van der Waals surface area contributed by atoms with E-state index in [0.717, 1.165) is 5.56 Å². The number of amides is 1. The van der Waals surface area contributed by atoms with Crippen LogP contribution in [0.25, 0.3) is 0 Å². The second-order valence-electron chi connectivity index (χ2n) is 5.50. The zero-order valence-corrected chi connectivity index (χ0v) is 11.8. The molecule has 1 fully saturated rings. The van der Waals surface area contributed by atoms with E-state index in [9.17, 15) is 9.90 Å². The van der Waals surface area contributed by atoms with Gasteiger partial charge in [0.15, 0.2) is 5.69 Å². The zero-order valence-electron chi connectivity index (χ0n) is 11.8. The molecule has 0 spiro atoms. The molecule has 0 aliphatic heterocycles. The fraction of sp³-hybridized carbons (Fsp3) is 0.400. The molecule has 1 amide bonds. The molecule has 3 N–H and O–H groups in total. The van der Waals surface area contributed by atoms with Crippen LogP contribution in [-0.2, 0) is 0 Å². The number of aliphatic hydroxyl groups is 1. The molecule has 110 valence electrons.